The fraction of sp³-hybridized carbons (Fsp3) is 0.0417. The lowest BCUT2D eigenvalue weighted by molar-refractivity contribution is 0.103. The van der Waals surface area contributed by atoms with E-state index in [1.165, 1.54) is 18.3 Å². The van der Waals surface area contributed by atoms with E-state index in [0.29, 0.717) is 28.3 Å². The molecule has 6 aromatic rings. The zero-order valence-electron chi connectivity index (χ0n) is 16.9. The summed E-state index contributed by atoms with van der Waals surface area (Å²) in [5.41, 5.74) is 4.33. The van der Waals surface area contributed by atoms with Crippen LogP contribution in [0.3, 0.4) is 0 Å². The molecule has 0 radical (unpaired) electrons. The lowest BCUT2D eigenvalue weighted by atomic mass is 10.1. The summed E-state index contributed by atoms with van der Waals surface area (Å²) >= 11 is 0. The third kappa shape index (κ3) is 2.84. The fourth-order valence-corrected chi connectivity index (χ4v) is 3.85. The largest absolute Gasteiger partial charge is 0.439 e. The monoisotopic (exact) mass is 425 g/mol. The Balaban J connectivity index is 1.40. The summed E-state index contributed by atoms with van der Waals surface area (Å²) in [6.45, 7) is 1.97. The molecule has 0 fully saturated rings. The lowest BCUT2D eigenvalue weighted by Crippen LogP contribution is -2.01. The van der Waals surface area contributed by atoms with Gasteiger partial charge in [0.25, 0.3) is 0 Å². The van der Waals surface area contributed by atoms with Crippen molar-refractivity contribution >= 4 is 33.4 Å². The van der Waals surface area contributed by atoms with E-state index in [2.05, 4.69) is 20.1 Å². The maximum Gasteiger partial charge on any atom is 0.221 e. The van der Waals surface area contributed by atoms with Crippen LogP contribution in [-0.4, -0.2) is 30.3 Å². The standard InChI is InChI=1S/C24H16FN5O2/c1-13-4-2-3-5-21(13)32-22-10-18-20(12-26-22)30-24(29-18)16(11-27-30)23(31)19-8-14-6-7-15(25)9-17(14)28-19/h2-12,28-29H,1H3. The SMILES string of the molecule is Cc1ccccc1Oc1cc2[nH]c3c(C(=O)c4cc5ccc(F)cc5[nH]4)cnn3c2cn1. The number of hydrogen-bond donors (Lipinski definition) is 2. The summed E-state index contributed by atoms with van der Waals surface area (Å²) in [4.78, 5) is 23.8. The van der Waals surface area contributed by atoms with Crippen LogP contribution in [0.25, 0.3) is 27.6 Å². The normalized spacial score (nSPS) is 11.6. The van der Waals surface area contributed by atoms with Crippen LogP contribution in [0, 0.1) is 12.7 Å². The van der Waals surface area contributed by atoms with Gasteiger partial charge < -0.3 is 14.7 Å². The quantitative estimate of drug-likeness (QED) is 0.382. The number of aromatic nitrogens is 5. The molecule has 156 valence electrons. The van der Waals surface area contributed by atoms with E-state index in [4.69, 9.17) is 4.74 Å². The average Bonchev–Trinajstić information content (AvgIpc) is 3.47. The molecular weight excluding hydrogens is 409 g/mol. The molecule has 0 spiro atoms. The summed E-state index contributed by atoms with van der Waals surface area (Å²) in [5.74, 6) is 0.550. The number of carbonyl (C=O) groups is 1. The van der Waals surface area contributed by atoms with Gasteiger partial charge in [0.05, 0.1) is 29.2 Å². The van der Waals surface area contributed by atoms with E-state index >= 15 is 0 Å². The number of rotatable bonds is 4. The van der Waals surface area contributed by atoms with Gasteiger partial charge in [0.15, 0.2) is 0 Å². The number of nitrogens with zero attached hydrogens (tertiary/aromatic N) is 3. The Kier molecular flexibility index (Phi) is 3.88. The van der Waals surface area contributed by atoms with Gasteiger partial charge in [0, 0.05) is 17.0 Å². The zero-order chi connectivity index (χ0) is 21.8. The number of ether oxygens (including phenoxy) is 1. The topological polar surface area (TPSA) is 88.1 Å². The highest BCUT2D eigenvalue weighted by molar-refractivity contribution is 6.13. The molecule has 2 aromatic carbocycles. The minimum absolute atomic E-state index is 0.243. The highest BCUT2D eigenvalue weighted by Gasteiger charge is 2.20. The number of aromatic amines is 2. The molecule has 0 unspecified atom stereocenters. The number of ketones is 1. The number of carbonyl (C=O) groups excluding carboxylic acids is 1. The van der Waals surface area contributed by atoms with Gasteiger partial charge in [0.2, 0.25) is 11.7 Å². The molecule has 4 heterocycles. The molecule has 8 heteroatoms. The number of H-pyrrole nitrogens is 2. The molecule has 0 saturated heterocycles. The van der Waals surface area contributed by atoms with Gasteiger partial charge >= 0.3 is 0 Å². The molecule has 7 nitrogen and oxygen atoms in total. The minimum atomic E-state index is -0.363. The van der Waals surface area contributed by atoms with Crippen LogP contribution in [0.4, 0.5) is 4.39 Å². The number of imidazole rings is 1. The molecule has 0 saturated carbocycles. The van der Waals surface area contributed by atoms with Crippen LogP contribution < -0.4 is 4.74 Å². The van der Waals surface area contributed by atoms with Gasteiger partial charge in [-0.15, -0.1) is 0 Å². The van der Waals surface area contributed by atoms with E-state index in [1.54, 1.807) is 28.9 Å². The number of pyridine rings is 1. The number of fused-ring (bicyclic) bond motifs is 4. The first-order valence-corrected chi connectivity index (χ1v) is 9.99. The molecule has 0 amide bonds. The first-order chi connectivity index (χ1) is 15.6. The molecule has 0 aliphatic rings. The molecule has 0 aliphatic heterocycles. The lowest BCUT2D eigenvalue weighted by Gasteiger charge is -2.06. The van der Waals surface area contributed by atoms with E-state index in [0.717, 1.165) is 27.7 Å². The first kappa shape index (κ1) is 18.3. The number of para-hydroxylation sites is 1. The second-order valence-corrected chi connectivity index (χ2v) is 7.59. The molecule has 32 heavy (non-hydrogen) atoms. The molecule has 2 N–H and O–H groups in total. The van der Waals surface area contributed by atoms with Crippen molar-refractivity contribution in [3.63, 3.8) is 0 Å². The van der Waals surface area contributed by atoms with E-state index < -0.39 is 0 Å². The van der Waals surface area contributed by atoms with Gasteiger partial charge in [-0.3, -0.25) is 4.79 Å². The molecule has 4 aromatic heterocycles. The Morgan fingerprint density at radius 2 is 1.91 bits per heavy atom. The predicted molar refractivity (Wildman–Crippen MR) is 118 cm³/mol. The number of aryl methyl sites for hydroxylation is 1. The van der Waals surface area contributed by atoms with E-state index in [9.17, 15) is 9.18 Å². The summed E-state index contributed by atoms with van der Waals surface area (Å²) in [6.07, 6.45) is 3.16. The second kappa shape index (κ2) is 6.78. The Hall–Kier alpha value is -4.46. The van der Waals surface area contributed by atoms with Crippen molar-refractivity contribution in [2.45, 2.75) is 6.92 Å². The summed E-state index contributed by atoms with van der Waals surface area (Å²) in [5, 5.41) is 5.12. The van der Waals surface area contributed by atoms with Crippen LogP contribution in [0.2, 0.25) is 0 Å². The fourth-order valence-electron chi connectivity index (χ4n) is 3.85. The van der Waals surface area contributed by atoms with Crippen molar-refractivity contribution in [3.8, 4) is 11.6 Å². The molecule has 0 atom stereocenters. The average molecular weight is 425 g/mol. The van der Waals surface area contributed by atoms with Crippen LogP contribution in [-0.2, 0) is 0 Å². The van der Waals surface area contributed by atoms with Crippen LogP contribution >= 0.6 is 0 Å². The maximum absolute atomic E-state index is 13.5. The summed E-state index contributed by atoms with van der Waals surface area (Å²) < 4.78 is 21.1. The molecule has 6 rings (SSSR count). The Morgan fingerprint density at radius 1 is 1.03 bits per heavy atom. The molecular formula is C24H16FN5O2. The van der Waals surface area contributed by atoms with Crippen molar-refractivity contribution < 1.29 is 13.9 Å². The van der Waals surface area contributed by atoms with Crippen molar-refractivity contribution in [1.82, 2.24) is 24.6 Å². The Labute approximate surface area is 180 Å². The predicted octanol–water partition coefficient (Wildman–Crippen LogP) is 5.16. The Bertz CT molecular complexity index is 1660. The second-order valence-electron chi connectivity index (χ2n) is 7.59. The van der Waals surface area contributed by atoms with E-state index in [-0.39, 0.29) is 11.6 Å². The zero-order valence-corrected chi connectivity index (χ0v) is 16.9. The molecule has 0 aliphatic carbocycles. The number of nitrogens with one attached hydrogen (secondary N) is 2. The van der Waals surface area contributed by atoms with Gasteiger partial charge in [-0.25, -0.2) is 13.9 Å². The van der Waals surface area contributed by atoms with Crippen LogP contribution in [0.1, 0.15) is 21.6 Å². The van der Waals surface area contributed by atoms with Gasteiger partial charge in [-0.1, -0.05) is 18.2 Å². The summed E-state index contributed by atoms with van der Waals surface area (Å²) in [7, 11) is 0. The minimum Gasteiger partial charge on any atom is -0.439 e. The smallest absolute Gasteiger partial charge is 0.221 e. The van der Waals surface area contributed by atoms with Gasteiger partial charge in [0.1, 0.15) is 22.7 Å². The third-order valence-electron chi connectivity index (χ3n) is 5.49. The van der Waals surface area contributed by atoms with Crippen LogP contribution in [0.15, 0.2) is 67.0 Å². The van der Waals surface area contributed by atoms with Crippen molar-refractivity contribution in [2.24, 2.45) is 0 Å². The highest BCUT2D eigenvalue weighted by Crippen LogP contribution is 2.27. The van der Waals surface area contributed by atoms with Crippen molar-refractivity contribution in [3.05, 3.63) is 89.6 Å². The maximum atomic E-state index is 13.5. The number of benzene rings is 2. The molecule has 0 bridgehead atoms. The third-order valence-corrected chi connectivity index (χ3v) is 5.49. The highest BCUT2D eigenvalue weighted by atomic mass is 19.1. The number of halogens is 1. The van der Waals surface area contributed by atoms with Crippen molar-refractivity contribution in [2.75, 3.05) is 0 Å². The van der Waals surface area contributed by atoms with Crippen molar-refractivity contribution in [1.29, 1.82) is 0 Å². The van der Waals surface area contributed by atoms with Gasteiger partial charge in [-0.2, -0.15) is 5.10 Å². The van der Waals surface area contributed by atoms with E-state index in [1.807, 2.05) is 31.2 Å². The Morgan fingerprint density at radius 3 is 2.78 bits per heavy atom. The first-order valence-electron chi connectivity index (χ1n) is 9.99. The van der Waals surface area contributed by atoms with Crippen LogP contribution in [0.5, 0.6) is 11.6 Å². The summed E-state index contributed by atoms with van der Waals surface area (Å²) in [6, 6.07) is 15.5. The van der Waals surface area contributed by atoms with Gasteiger partial charge in [-0.05, 0) is 42.8 Å². The number of hydrogen-bond acceptors (Lipinski definition) is 4.